The molecular weight excluding hydrogens is 483 g/mol. The molecule has 1 fully saturated rings. The summed E-state index contributed by atoms with van der Waals surface area (Å²) >= 11 is 5.59. The topological polar surface area (TPSA) is 40.6 Å². The second kappa shape index (κ2) is 7.65. The summed E-state index contributed by atoms with van der Waals surface area (Å²) < 4.78 is 1.83. The molecule has 0 N–H and O–H groups in total. The molecule has 1 heterocycles. The van der Waals surface area contributed by atoms with Gasteiger partial charge in [-0.3, -0.25) is 9.59 Å². The van der Waals surface area contributed by atoms with E-state index in [2.05, 4.69) is 38.5 Å². The molecule has 0 radical (unpaired) electrons. The third kappa shape index (κ3) is 3.80. The van der Waals surface area contributed by atoms with Crippen LogP contribution in [0.15, 0.2) is 53.0 Å². The number of nitrogens with zero attached hydrogens (tertiary/aromatic N) is 2. The molecule has 124 valence electrons. The second-order valence-electron chi connectivity index (χ2n) is 5.57. The first-order valence-electron chi connectivity index (χ1n) is 7.65. The lowest BCUT2D eigenvalue weighted by atomic mass is 10.1. The molecule has 0 saturated carbocycles. The van der Waals surface area contributed by atoms with Crippen LogP contribution in [-0.2, 0) is 0 Å². The summed E-state index contributed by atoms with van der Waals surface area (Å²) in [5.41, 5.74) is 1.40. The van der Waals surface area contributed by atoms with Crippen LogP contribution in [0.2, 0.25) is 0 Å². The summed E-state index contributed by atoms with van der Waals surface area (Å²) in [6, 6.07) is 15.0. The van der Waals surface area contributed by atoms with E-state index in [1.165, 1.54) is 0 Å². The molecule has 6 heteroatoms. The molecular formula is C18H16BrIN2O2. The van der Waals surface area contributed by atoms with Gasteiger partial charge >= 0.3 is 0 Å². The molecule has 0 aliphatic carbocycles. The maximum absolute atomic E-state index is 12.7. The minimum atomic E-state index is 0.0208. The summed E-state index contributed by atoms with van der Waals surface area (Å²) in [5.74, 6) is 0.0484. The number of rotatable bonds is 2. The van der Waals surface area contributed by atoms with E-state index in [1.54, 1.807) is 0 Å². The number of hydrogen-bond acceptors (Lipinski definition) is 2. The molecule has 0 bridgehead atoms. The summed E-state index contributed by atoms with van der Waals surface area (Å²) in [6.45, 7) is 2.23. The Balaban J connectivity index is 1.66. The third-order valence-corrected chi connectivity index (χ3v) is 5.47. The zero-order valence-electron chi connectivity index (χ0n) is 12.9. The van der Waals surface area contributed by atoms with Gasteiger partial charge in [0.1, 0.15) is 0 Å². The van der Waals surface area contributed by atoms with Crippen molar-refractivity contribution in [1.29, 1.82) is 0 Å². The Kier molecular flexibility index (Phi) is 5.55. The number of halogens is 2. The van der Waals surface area contributed by atoms with Gasteiger partial charge in [-0.1, -0.05) is 34.1 Å². The number of hydrogen-bond donors (Lipinski definition) is 0. The molecule has 2 aromatic rings. The monoisotopic (exact) mass is 498 g/mol. The van der Waals surface area contributed by atoms with Crippen molar-refractivity contribution >= 4 is 50.3 Å². The average Bonchev–Trinajstić information content (AvgIpc) is 2.63. The van der Waals surface area contributed by atoms with Gasteiger partial charge in [-0.25, -0.2) is 0 Å². The third-order valence-electron chi connectivity index (χ3n) is 4.03. The molecule has 3 rings (SSSR count). The number of carbonyl (C=O) groups excluding carboxylic acids is 2. The van der Waals surface area contributed by atoms with E-state index in [4.69, 9.17) is 0 Å². The Morgan fingerprint density at radius 2 is 1.46 bits per heavy atom. The highest BCUT2D eigenvalue weighted by Gasteiger charge is 2.26. The lowest BCUT2D eigenvalue weighted by Crippen LogP contribution is -2.50. The van der Waals surface area contributed by atoms with E-state index in [-0.39, 0.29) is 11.8 Å². The smallest absolute Gasteiger partial charge is 0.255 e. The molecule has 2 amide bonds. The fraction of sp³-hybridized carbons (Fsp3) is 0.222. The van der Waals surface area contributed by atoms with E-state index in [1.807, 2.05) is 58.3 Å². The van der Waals surface area contributed by atoms with Crippen molar-refractivity contribution in [2.75, 3.05) is 26.2 Å². The molecule has 2 aromatic carbocycles. The molecule has 1 saturated heterocycles. The van der Waals surface area contributed by atoms with E-state index in [9.17, 15) is 9.59 Å². The lowest BCUT2D eigenvalue weighted by Gasteiger charge is -2.35. The first-order chi connectivity index (χ1) is 11.6. The van der Waals surface area contributed by atoms with Crippen LogP contribution in [0.5, 0.6) is 0 Å². The van der Waals surface area contributed by atoms with Crippen molar-refractivity contribution in [1.82, 2.24) is 9.80 Å². The van der Waals surface area contributed by atoms with E-state index < -0.39 is 0 Å². The van der Waals surface area contributed by atoms with Gasteiger partial charge in [0.25, 0.3) is 11.8 Å². The quantitative estimate of drug-likeness (QED) is 0.593. The Hall–Kier alpha value is -1.41. The van der Waals surface area contributed by atoms with Crippen LogP contribution in [0, 0.1) is 3.57 Å². The molecule has 1 aliphatic heterocycles. The maximum atomic E-state index is 12.7. The second-order valence-corrected chi connectivity index (χ2v) is 7.65. The normalized spacial score (nSPS) is 14.6. The zero-order valence-corrected chi connectivity index (χ0v) is 16.7. The van der Waals surface area contributed by atoms with Gasteiger partial charge in [0.15, 0.2) is 0 Å². The van der Waals surface area contributed by atoms with Crippen LogP contribution in [0.25, 0.3) is 0 Å². The standard InChI is InChI=1S/C18H16BrIN2O2/c19-14-6-7-16(20)15(12-14)18(24)22-10-8-21(9-11-22)17(23)13-4-2-1-3-5-13/h1-7,12H,8-11H2. The maximum Gasteiger partial charge on any atom is 0.255 e. The van der Waals surface area contributed by atoms with Crippen molar-refractivity contribution < 1.29 is 9.59 Å². The Morgan fingerprint density at radius 3 is 2.08 bits per heavy atom. The first kappa shape index (κ1) is 17.4. The van der Waals surface area contributed by atoms with Gasteiger partial charge in [0, 0.05) is 39.8 Å². The van der Waals surface area contributed by atoms with Crippen molar-refractivity contribution in [3.8, 4) is 0 Å². The van der Waals surface area contributed by atoms with E-state index in [0.29, 0.717) is 37.3 Å². The summed E-state index contributed by atoms with van der Waals surface area (Å²) in [6.07, 6.45) is 0. The minimum Gasteiger partial charge on any atom is -0.335 e. The average molecular weight is 499 g/mol. The Bertz CT molecular complexity index is 759. The highest BCUT2D eigenvalue weighted by molar-refractivity contribution is 14.1. The summed E-state index contributed by atoms with van der Waals surface area (Å²) in [7, 11) is 0. The molecule has 4 nitrogen and oxygen atoms in total. The predicted octanol–water partition coefficient (Wildman–Crippen LogP) is 3.65. The van der Waals surface area contributed by atoms with Crippen LogP contribution >= 0.6 is 38.5 Å². The van der Waals surface area contributed by atoms with Crippen LogP contribution < -0.4 is 0 Å². The molecule has 0 atom stereocenters. The SMILES string of the molecule is O=C(c1ccccc1)N1CCN(C(=O)c2cc(Br)ccc2I)CC1. The van der Waals surface area contributed by atoms with E-state index >= 15 is 0 Å². The fourth-order valence-electron chi connectivity index (χ4n) is 2.71. The number of amides is 2. The highest BCUT2D eigenvalue weighted by atomic mass is 127. The molecule has 0 aromatic heterocycles. The van der Waals surface area contributed by atoms with Crippen molar-refractivity contribution in [3.63, 3.8) is 0 Å². The Labute approximate surface area is 163 Å². The van der Waals surface area contributed by atoms with Crippen LogP contribution in [-0.4, -0.2) is 47.8 Å². The van der Waals surface area contributed by atoms with Gasteiger partial charge in [-0.2, -0.15) is 0 Å². The fourth-order valence-corrected chi connectivity index (χ4v) is 3.63. The molecule has 0 unspecified atom stereocenters. The van der Waals surface area contributed by atoms with Crippen LogP contribution in [0.1, 0.15) is 20.7 Å². The van der Waals surface area contributed by atoms with Gasteiger partial charge in [-0.15, -0.1) is 0 Å². The van der Waals surface area contributed by atoms with Crippen molar-refractivity contribution in [3.05, 3.63) is 67.7 Å². The number of piperazine rings is 1. The lowest BCUT2D eigenvalue weighted by molar-refractivity contribution is 0.0535. The minimum absolute atomic E-state index is 0.0208. The molecule has 0 spiro atoms. The largest absolute Gasteiger partial charge is 0.335 e. The van der Waals surface area contributed by atoms with Gasteiger partial charge in [-0.05, 0) is 52.9 Å². The Morgan fingerprint density at radius 1 is 0.875 bits per heavy atom. The van der Waals surface area contributed by atoms with Crippen LogP contribution in [0.4, 0.5) is 0 Å². The van der Waals surface area contributed by atoms with Crippen molar-refractivity contribution in [2.45, 2.75) is 0 Å². The van der Waals surface area contributed by atoms with Crippen LogP contribution in [0.3, 0.4) is 0 Å². The predicted molar refractivity (Wildman–Crippen MR) is 105 cm³/mol. The summed E-state index contributed by atoms with van der Waals surface area (Å²) in [4.78, 5) is 28.8. The molecule has 1 aliphatic rings. The zero-order chi connectivity index (χ0) is 17.1. The number of carbonyl (C=O) groups is 2. The van der Waals surface area contributed by atoms with Gasteiger partial charge in [0.05, 0.1) is 5.56 Å². The highest BCUT2D eigenvalue weighted by Crippen LogP contribution is 2.21. The van der Waals surface area contributed by atoms with Gasteiger partial charge < -0.3 is 9.80 Å². The summed E-state index contributed by atoms with van der Waals surface area (Å²) in [5, 5.41) is 0. The van der Waals surface area contributed by atoms with E-state index in [0.717, 1.165) is 8.04 Å². The first-order valence-corrected chi connectivity index (χ1v) is 9.52. The molecule has 24 heavy (non-hydrogen) atoms. The number of benzene rings is 2. The van der Waals surface area contributed by atoms with Gasteiger partial charge in [0.2, 0.25) is 0 Å². The van der Waals surface area contributed by atoms with Crippen molar-refractivity contribution in [2.24, 2.45) is 0 Å².